The second-order valence-corrected chi connectivity index (χ2v) is 3.96. The number of rotatable bonds is 4. The monoisotopic (exact) mass is 279 g/mol. The molecule has 0 heterocycles. The summed E-state index contributed by atoms with van der Waals surface area (Å²) in [5.74, 6) is 0. The molecule has 1 aromatic rings. The molecule has 0 spiro atoms. The number of nitrogens with zero attached hydrogens (tertiary/aromatic N) is 3. The van der Waals surface area contributed by atoms with E-state index in [0.717, 1.165) is 15.7 Å². The Morgan fingerprint density at radius 1 is 1.25 bits per heavy atom. The molecule has 0 saturated carbocycles. The molecule has 0 atom stereocenters. The zero-order valence-electron chi connectivity index (χ0n) is 8.52. The van der Waals surface area contributed by atoms with Crippen LogP contribution in [0.1, 0.15) is 5.56 Å². The lowest BCUT2D eigenvalue weighted by molar-refractivity contribution is 0.281. The van der Waals surface area contributed by atoms with Gasteiger partial charge in [0.05, 0.1) is 18.7 Å². The molecule has 0 saturated heterocycles. The van der Waals surface area contributed by atoms with Crippen molar-refractivity contribution in [1.82, 2.24) is 0 Å². The molecular weight excluding hydrogens is 270 g/mol. The van der Waals surface area contributed by atoms with E-state index in [1.54, 1.807) is 23.1 Å². The average Bonchev–Trinajstić information content (AvgIpc) is 2.28. The second kappa shape index (κ2) is 6.12. The van der Waals surface area contributed by atoms with Crippen LogP contribution in [-0.2, 0) is 6.61 Å². The van der Waals surface area contributed by atoms with Crippen molar-refractivity contribution >= 4 is 21.6 Å². The van der Waals surface area contributed by atoms with Crippen LogP contribution in [0.2, 0.25) is 0 Å². The number of nitriles is 2. The van der Waals surface area contributed by atoms with Gasteiger partial charge in [0.1, 0.15) is 13.1 Å². The summed E-state index contributed by atoms with van der Waals surface area (Å²) >= 11 is 3.33. The number of anilines is 1. The van der Waals surface area contributed by atoms with Crippen LogP contribution in [0.3, 0.4) is 0 Å². The molecule has 1 aromatic carbocycles. The molecule has 0 aliphatic carbocycles. The van der Waals surface area contributed by atoms with Gasteiger partial charge < -0.3 is 10.0 Å². The number of benzene rings is 1. The Morgan fingerprint density at radius 3 is 2.31 bits per heavy atom. The molecule has 0 aliphatic heterocycles. The molecular formula is C11H10BrN3O. The van der Waals surface area contributed by atoms with Crippen molar-refractivity contribution in [3.05, 3.63) is 28.2 Å². The fraction of sp³-hybridized carbons (Fsp3) is 0.273. The fourth-order valence-corrected chi connectivity index (χ4v) is 1.76. The topological polar surface area (TPSA) is 71.0 Å². The smallest absolute Gasteiger partial charge is 0.106 e. The maximum absolute atomic E-state index is 9.01. The molecule has 1 rings (SSSR count). The predicted octanol–water partition coefficient (Wildman–Crippen LogP) is 1.79. The van der Waals surface area contributed by atoms with Gasteiger partial charge in [-0.2, -0.15) is 10.5 Å². The number of halogens is 1. The van der Waals surface area contributed by atoms with Crippen molar-refractivity contribution in [1.29, 1.82) is 10.5 Å². The highest BCUT2D eigenvalue weighted by Crippen LogP contribution is 2.24. The average molecular weight is 280 g/mol. The minimum Gasteiger partial charge on any atom is -0.392 e. The van der Waals surface area contributed by atoms with Crippen LogP contribution >= 0.6 is 15.9 Å². The largest absolute Gasteiger partial charge is 0.392 e. The summed E-state index contributed by atoms with van der Waals surface area (Å²) in [7, 11) is 0. The predicted molar refractivity (Wildman–Crippen MR) is 63.5 cm³/mol. The van der Waals surface area contributed by atoms with E-state index in [4.69, 9.17) is 15.6 Å². The van der Waals surface area contributed by atoms with Gasteiger partial charge in [0.25, 0.3) is 0 Å². The van der Waals surface area contributed by atoms with Crippen LogP contribution < -0.4 is 4.90 Å². The summed E-state index contributed by atoms with van der Waals surface area (Å²) in [5.41, 5.74) is 1.56. The number of hydrogen-bond donors (Lipinski definition) is 1. The summed E-state index contributed by atoms with van der Waals surface area (Å²) in [5, 5.41) is 26.3. The SMILES string of the molecule is N#CCN(CC#N)c1ccc(CO)c(Br)c1. The zero-order valence-corrected chi connectivity index (χ0v) is 10.1. The van der Waals surface area contributed by atoms with Crippen molar-refractivity contribution in [3.8, 4) is 12.1 Å². The summed E-state index contributed by atoms with van der Waals surface area (Å²) < 4.78 is 0.772. The van der Waals surface area contributed by atoms with E-state index in [-0.39, 0.29) is 19.7 Å². The number of aliphatic hydroxyl groups is 1. The Bertz CT molecular complexity index is 432. The third-order valence-electron chi connectivity index (χ3n) is 2.10. The van der Waals surface area contributed by atoms with Gasteiger partial charge in [-0.1, -0.05) is 22.0 Å². The van der Waals surface area contributed by atoms with E-state index in [9.17, 15) is 0 Å². The summed E-state index contributed by atoms with van der Waals surface area (Å²) in [6, 6.07) is 9.36. The molecule has 0 aliphatic rings. The van der Waals surface area contributed by atoms with Gasteiger partial charge in [-0.25, -0.2) is 0 Å². The first-order chi connectivity index (χ1) is 7.72. The van der Waals surface area contributed by atoms with Crippen LogP contribution in [0.5, 0.6) is 0 Å². The van der Waals surface area contributed by atoms with Gasteiger partial charge in [-0.05, 0) is 17.7 Å². The normalized spacial score (nSPS) is 9.25. The van der Waals surface area contributed by atoms with Gasteiger partial charge in [-0.3, -0.25) is 0 Å². The lowest BCUT2D eigenvalue weighted by atomic mass is 10.2. The van der Waals surface area contributed by atoms with Gasteiger partial charge in [-0.15, -0.1) is 0 Å². The Morgan fingerprint density at radius 2 is 1.88 bits per heavy atom. The molecule has 1 N–H and O–H groups in total. The van der Waals surface area contributed by atoms with Crippen molar-refractivity contribution in [3.63, 3.8) is 0 Å². The third kappa shape index (κ3) is 2.96. The maximum atomic E-state index is 9.01. The van der Waals surface area contributed by atoms with Gasteiger partial charge >= 0.3 is 0 Å². The van der Waals surface area contributed by atoms with Crippen LogP contribution in [0.15, 0.2) is 22.7 Å². The van der Waals surface area contributed by atoms with E-state index >= 15 is 0 Å². The minimum absolute atomic E-state index is 0.0443. The van der Waals surface area contributed by atoms with E-state index < -0.39 is 0 Å². The number of aliphatic hydroxyl groups excluding tert-OH is 1. The molecule has 0 amide bonds. The lowest BCUT2D eigenvalue weighted by Gasteiger charge is -2.18. The highest BCUT2D eigenvalue weighted by atomic mass is 79.9. The molecule has 5 heteroatoms. The zero-order chi connectivity index (χ0) is 12.0. The summed E-state index contributed by atoms with van der Waals surface area (Å²) in [4.78, 5) is 1.66. The minimum atomic E-state index is -0.0443. The Hall–Kier alpha value is -1.56. The standard InChI is InChI=1S/C11H10BrN3O/c12-11-7-10(2-1-9(11)8-16)15(5-3-13)6-4-14/h1-2,7,16H,5-6,8H2. The summed E-state index contributed by atoms with van der Waals surface area (Å²) in [6.07, 6.45) is 0. The Balaban J connectivity index is 2.98. The van der Waals surface area contributed by atoms with Gasteiger partial charge in [0, 0.05) is 10.2 Å². The van der Waals surface area contributed by atoms with Crippen LogP contribution in [0.25, 0.3) is 0 Å². The first-order valence-electron chi connectivity index (χ1n) is 4.61. The summed E-state index contributed by atoms with van der Waals surface area (Å²) in [6.45, 7) is 0.286. The lowest BCUT2D eigenvalue weighted by Crippen LogP contribution is -2.23. The van der Waals surface area contributed by atoms with Crippen LogP contribution in [-0.4, -0.2) is 18.2 Å². The molecule has 0 aromatic heterocycles. The van der Waals surface area contributed by atoms with Crippen molar-refractivity contribution < 1.29 is 5.11 Å². The van der Waals surface area contributed by atoms with E-state index in [1.807, 2.05) is 12.1 Å². The first kappa shape index (κ1) is 12.5. The van der Waals surface area contributed by atoms with Gasteiger partial charge in [0.2, 0.25) is 0 Å². The highest BCUT2D eigenvalue weighted by Gasteiger charge is 2.07. The van der Waals surface area contributed by atoms with Crippen molar-refractivity contribution in [2.45, 2.75) is 6.61 Å². The van der Waals surface area contributed by atoms with Crippen LogP contribution in [0, 0.1) is 22.7 Å². The molecule has 4 nitrogen and oxygen atoms in total. The first-order valence-corrected chi connectivity index (χ1v) is 5.40. The molecule has 0 fully saturated rings. The van der Waals surface area contributed by atoms with Crippen LogP contribution in [0.4, 0.5) is 5.69 Å². The Kier molecular flexibility index (Phi) is 4.78. The third-order valence-corrected chi connectivity index (χ3v) is 2.83. The molecule has 0 unspecified atom stereocenters. The van der Waals surface area contributed by atoms with Crippen molar-refractivity contribution in [2.75, 3.05) is 18.0 Å². The highest BCUT2D eigenvalue weighted by molar-refractivity contribution is 9.10. The molecule has 0 radical (unpaired) electrons. The fourth-order valence-electron chi connectivity index (χ4n) is 1.27. The van der Waals surface area contributed by atoms with E-state index in [0.29, 0.717) is 0 Å². The quantitative estimate of drug-likeness (QED) is 0.853. The maximum Gasteiger partial charge on any atom is 0.106 e. The van der Waals surface area contributed by atoms with Gasteiger partial charge in [0.15, 0.2) is 0 Å². The van der Waals surface area contributed by atoms with Crippen molar-refractivity contribution in [2.24, 2.45) is 0 Å². The molecule has 82 valence electrons. The number of hydrogen-bond acceptors (Lipinski definition) is 4. The second-order valence-electron chi connectivity index (χ2n) is 3.11. The molecule has 16 heavy (non-hydrogen) atoms. The molecule has 0 bridgehead atoms. The van der Waals surface area contributed by atoms with E-state index in [1.165, 1.54) is 0 Å². The Labute approximate surface area is 102 Å². The van der Waals surface area contributed by atoms with E-state index in [2.05, 4.69) is 15.9 Å².